The Labute approximate surface area is 118 Å². The van der Waals surface area contributed by atoms with E-state index < -0.39 is 11.5 Å². The SMILES string of the molecule is CCC1(C(=O)O)CCCN1Cc1ccc(OC)cc1O. The van der Waals surface area contributed by atoms with Crippen molar-refractivity contribution in [3.05, 3.63) is 23.8 Å². The fourth-order valence-electron chi connectivity index (χ4n) is 2.97. The average Bonchev–Trinajstić information content (AvgIpc) is 2.85. The van der Waals surface area contributed by atoms with Gasteiger partial charge in [-0.2, -0.15) is 0 Å². The second kappa shape index (κ2) is 5.71. The zero-order valence-corrected chi connectivity index (χ0v) is 11.9. The molecule has 1 atom stereocenters. The number of carbonyl (C=O) groups is 1. The second-order valence-electron chi connectivity index (χ2n) is 5.21. The van der Waals surface area contributed by atoms with Gasteiger partial charge in [0.15, 0.2) is 0 Å². The maximum atomic E-state index is 11.6. The largest absolute Gasteiger partial charge is 0.507 e. The molecule has 20 heavy (non-hydrogen) atoms. The molecule has 1 fully saturated rings. The summed E-state index contributed by atoms with van der Waals surface area (Å²) in [5, 5.41) is 19.5. The smallest absolute Gasteiger partial charge is 0.324 e. The van der Waals surface area contributed by atoms with Crippen LogP contribution in [0.3, 0.4) is 0 Å². The van der Waals surface area contributed by atoms with E-state index in [1.807, 2.05) is 11.8 Å². The van der Waals surface area contributed by atoms with Gasteiger partial charge in [0.2, 0.25) is 0 Å². The van der Waals surface area contributed by atoms with Crippen molar-refractivity contribution in [1.82, 2.24) is 4.90 Å². The summed E-state index contributed by atoms with van der Waals surface area (Å²) in [7, 11) is 1.54. The van der Waals surface area contributed by atoms with Crippen LogP contribution < -0.4 is 4.74 Å². The van der Waals surface area contributed by atoms with Crippen LogP contribution in [0.5, 0.6) is 11.5 Å². The van der Waals surface area contributed by atoms with Gasteiger partial charge in [0.1, 0.15) is 17.0 Å². The summed E-state index contributed by atoms with van der Waals surface area (Å²) in [5.41, 5.74) is -0.0707. The van der Waals surface area contributed by atoms with Gasteiger partial charge >= 0.3 is 5.97 Å². The maximum Gasteiger partial charge on any atom is 0.324 e. The number of carboxylic acid groups (broad SMARTS) is 1. The zero-order chi connectivity index (χ0) is 14.8. The molecular weight excluding hydrogens is 258 g/mol. The first kappa shape index (κ1) is 14.7. The van der Waals surface area contributed by atoms with Crippen LogP contribution in [0.25, 0.3) is 0 Å². The van der Waals surface area contributed by atoms with E-state index in [0.717, 1.165) is 18.5 Å². The minimum absolute atomic E-state index is 0.145. The summed E-state index contributed by atoms with van der Waals surface area (Å²) in [5.74, 6) is -0.0372. The lowest BCUT2D eigenvalue weighted by Gasteiger charge is -2.34. The van der Waals surface area contributed by atoms with E-state index in [4.69, 9.17) is 4.74 Å². The molecule has 0 aromatic heterocycles. The van der Waals surface area contributed by atoms with E-state index in [2.05, 4.69) is 0 Å². The van der Waals surface area contributed by atoms with Crippen LogP contribution in [0.15, 0.2) is 18.2 Å². The Kier molecular flexibility index (Phi) is 4.18. The Hall–Kier alpha value is -1.75. The van der Waals surface area contributed by atoms with Gasteiger partial charge in [-0.3, -0.25) is 9.69 Å². The summed E-state index contributed by atoms with van der Waals surface area (Å²) >= 11 is 0. The number of nitrogens with zero attached hydrogens (tertiary/aromatic N) is 1. The number of hydrogen-bond acceptors (Lipinski definition) is 4. The van der Waals surface area contributed by atoms with Gasteiger partial charge in [-0.15, -0.1) is 0 Å². The van der Waals surface area contributed by atoms with E-state index >= 15 is 0 Å². The van der Waals surface area contributed by atoms with Gasteiger partial charge in [0.05, 0.1) is 7.11 Å². The number of carboxylic acids is 1. The predicted molar refractivity (Wildman–Crippen MR) is 75.0 cm³/mol. The van der Waals surface area contributed by atoms with Crippen molar-refractivity contribution in [1.29, 1.82) is 0 Å². The molecule has 1 heterocycles. The molecule has 0 saturated carbocycles. The van der Waals surface area contributed by atoms with E-state index in [1.165, 1.54) is 0 Å². The number of rotatable bonds is 5. The highest BCUT2D eigenvalue weighted by atomic mass is 16.5. The Morgan fingerprint density at radius 2 is 2.25 bits per heavy atom. The molecule has 110 valence electrons. The normalized spacial score (nSPS) is 22.9. The van der Waals surface area contributed by atoms with Gasteiger partial charge < -0.3 is 14.9 Å². The molecule has 0 amide bonds. The van der Waals surface area contributed by atoms with Crippen LogP contribution >= 0.6 is 0 Å². The van der Waals surface area contributed by atoms with Gasteiger partial charge in [-0.1, -0.05) is 13.0 Å². The monoisotopic (exact) mass is 279 g/mol. The van der Waals surface area contributed by atoms with Crippen molar-refractivity contribution >= 4 is 5.97 Å². The number of aromatic hydroxyl groups is 1. The topological polar surface area (TPSA) is 70.0 Å². The van der Waals surface area contributed by atoms with Crippen LogP contribution in [0.1, 0.15) is 31.7 Å². The fraction of sp³-hybridized carbons (Fsp3) is 0.533. The molecule has 5 nitrogen and oxygen atoms in total. The minimum atomic E-state index is -0.799. The molecule has 1 saturated heterocycles. The maximum absolute atomic E-state index is 11.6. The molecule has 5 heteroatoms. The summed E-state index contributed by atoms with van der Waals surface area (Å²) in [6.07, 6.45) is 2.10. The number of likely N-dealkylation sites (tertiary alicyclic amines) is 1. The number of aliphatic carboxylic acids is 1. The molecule has 1 aliphatic heterocycles. The van der Waals surface area contributed by atoms with Crippen molar-refractivity contribution in [2.45, 2.75) is 38.3 Å². The molecular formula is C15H21NO4. The molecule has 0 spiro atoms. The molecule has 1 aromatic rings. The van der Waals surface area contributed by atoms with E-state index in [9.17, 15) is 15.0 Å². The third-order valence-electron chi connectivity index (χ3n) is 4.26. The first-order chi connectivity index (χ1) is 9.53. The number of phenols is 1. The molecule has 1 unspecified atom stereocenters. The molecule has 0 radical (unpaired) electrons. The number of phenolic OH excluding ortho intramolecular Hbond substituents is 1. The molecule has 1 aromatic carbocycles. The van der Waals surface area contributed by atoms with Crippen molar-refractivity contribution in [2.75, 3.05) is 13.7 Å². The quantitative estimate of drug-likeness (QED) is 0.865. The average molecular weight is 279 g/mol. The van der Waals surface area contributed by atoms with E-state index in [0.29, 0.717) is 25.1 Å². The summed E-state index contributed by atoms with van der Waals surface area (Å²) in [6.45, 7) is 3.09. The number of ether oxygens (including phenoxy) is 1. The highest BCUT2D eigenvalue weighted by Gasteiger charge is 2.46. The Morgan fingerprint density at radius 1 is 1.50 bits per heavy atom. The van der Waals surface area contributed by atoms with Gasteiger partial charge in [-0.05, 0) is 31.9 Å². The molecule has 2 N–H and O–H groups in total. The van der Waals surface area contributed by atoms with Crippen LogP contribution in [0.4, 0.5) is 0 Å². The van der Waals surface area contributed by atoms with Gasteiger partial charge in [-0.25, -0.2) is 0 Å². The van der Waals surface area contributed by atoms with Crippen molar-refractivity contribution in [2.24, 2.45) is 0 Å². The summed E-state index contributed by atoms with van der Waals surface area (Å²) < 4.78 is 5.05. The standard InChI is InChI=1S/C15H21NO4/c1-3-15(14(18)19)7-4-8-16(15)10-11-5-6-12(20-2)9-13(11)17/h5-6,9,17H,3-4,7-8,10H2,1-2H3,(H,18,19). The lowest BCUT2D eigenvalue weighted by molar-refractivity contribution is -0.150. The van der Waals surface area contributed by atoms with Crippen LogP contribution in [0, 0.1) is 0 Å². The zero-order valence-electron chi connectivity index (χ0n) is 11.9. The van der Waals surface area contributed by atoms with Crippen molar-refractivity contribution in [3.63, 3.8) is 0 Å². The van der Waals surface area contributed by atoms with Crippen LogP contribution in [0.2, 0.25) is 0 Å². The summed E-state index contributed by atoms with van der Waals surface area (Å²) in [4.78, 5) is 13.6. The Balaban J connectivity index is 2.23. The second-order valence-corrected chi connectivity index (χ2v) is 5.21. The predicted octanol–water partition coefficient (Wildman–Crippen LogP) is 2.23. The van der Waals surface area contributed by atoms with Gasteiger partial charge in [0.25, 0.3) is 0 Å². The number of hydrogen-bond donors (Lipinski definition) is 2. The molecule has 1 aliphatic rings. The highest BCUT2D eigenvalue weighted by molar-refractivity contribution is 5.79. The number of methoxy groups -OCH3 is 1. The van der Waals surface area contributed by atoms with E-state index in [1.54, 1.807) is 25.3 Å². The molecule has 2 rings (SSSR count). The van der Waals surface area contributed by atoms with Crippen LogP contribution in [-0.2, 0) is 11.3 Å². The van der Waals surface area contributed by atoms with E-state index in [-0.39, 0.29) is 5.75 Å². The fourth-order valence-corrected chi connectivity index (χ4v) is 2.97. The Bertz CT molecular complexity index is 503. The summed E-state index contributed by atoms with van der Waals surface area (Å²) in [6, 6.07) is 5.12. The third kappa shape index (κ3) is 2.45. The first-order valence-electron chi connectivity index (χ1n) is 6.88. The van der Waals surface area contributed by atoms with Gasteiger partial charge in [0, 0.05) is 18.2 Å². The number of benzene rings is 1. The minimum Gasteiger partial charge on any atom is -0.507 e. The third-order valence-corrected chi connectivity index (χ3v) is 4.26. The van der Waals surface area contributed by atoms with Crippen LogP contribution in [-0.4, -0.2) is 40.3 Å². The molecule has 0 aliphatic carbocycles. The first-order valence-corrected chi connectivity index (χ1v) is 6.88. The van der Waals surface area contributed by atoms with Crippen molar-refractivity contribution in [3.8, 4) is 11.5 Å². The molecule has 0 bridgehead atoms. The Morgan fingerprint density at radius 3 is 2.80 bits per heavy atom. The lowest BCUT2D eigenvalue weighted by atomic mass is 9.92. The lowest BCUT2D eigenvalue weighted by Crippen LogP contribution is -2.49. The van der Waals surface area contributed by atoms with Crippen molar-refractivity contribution < 1.29 is 19.7 Å². The highest BCUT2D eigenvalue weighted by Crippen LogP contribution is 2.35.